The van der Waals surface area contributed by atoms with Gasteiger partial charge in [-0.1, -0.05) is 51.0 Å². The molecule has 0 saturated heterocycles. The quantitative estimate of drug-likeness (QED) is 0.475. The van der Waals surface area contributed by atoms with E-state index < -0.39 is 0 Å². The molecule has 0 saturated carbocycles. The van der Waals surface area contributed by atoms with Gasteiger partial charge in [-0.05, 0) is 43.2 Å². The highest BCUT2D eigenvalue weighted by Gasteiger charge is 2.02. The highest BCUT2D eigenvalue weighted by atomic mass is 16.5. The van der Waals surface area contributed by atoms with E-state index in [1.54, 1.807) is 0 Å². The molecule has 0 amide bonds. The van der Waals surface area contributed by atoms with Gasteiger partial charge < -0.3 is 4.74 Å². The molecule has 0 aromatic heterocycles. The molecule has 0 aliphatic heterocycles. The molecule has 0 heterocycles. The lowest BCUT2D eigenvalue weighted by Crippen LogP contribution is -2.03. The summed E-state index contributed by atoms with van der Waals surface area (Å²) in [5.74, 6) is 0.539. The van der Waals surface area contributed by atoms with Crippen molar-refractivity contribution in [2.45, 2.75) is 65.2 Å². The largest absolute Gasteiger partial charge is 0.466 e. The third-order valence-electron chi connectivity index (χ3n) is 3.52. The van der Waals surface area contributed by atoms with Gasteiger partial charge in [-0.15, -0.1) is 0 Å². The van der Waals surface area contributed by atoms with Gasteiger partial charge in [0.25, 0.3) is 0 Å². The van der Waals surface area contributed by atoms with Gasteiger partial charge in [0.15, 0.2) is 0 Å². The van der Waals surface area contributed by atoms with Crippen molar-refractivity contribution in [2.24, 2.45) is 0 Å². The fourth-order valence-electron chi connectivity index (χ4n) is 2.29. The van der Waals surface area contributed by atoms with E-state index >= 15 is 0 Å². The molecule has 0 unspecified atom stereocenters. The van der Waals surface area contributed by atoms with Crippen LogP contribution < -0.4 is 0 Å². The van der Waals surface area contributed by atoms with Crippen molar-refractivity contribution in [3.8, 4) is 0 Å². The van der Waals surface area contributed by atoms with E-state index in [9.17, 15) is 4.79 Å². The van der Waals surface area contributed by atoms with Crippen LogP contribution in [-0.2, 0) is 16.0 Å². The Bertz CT molecular complexity index is 396. The van der Waals surface area contributed by atoms with Crippen molar-refractivity contribution in [2.75, 3.05) is 6.61 Å². The van der Waals surface area contributed by atoms with Crippen LogP contribution >= 0.6 is 0 Å². The van der Waals surface area contributed by atoms with Gasteiger partial charge in [0.2, 0.25) is 0 Å². The van der Waals surface area contributed by atoms with E-state index in [4.69, 9.17) is 4.74 Å². The van der Waals surface area contributed by atoms with Crippen molar-refractivity contribution in [3.05, 3.63) is 35.4 Å². The number of benzene rings is 1. The summed E-state index contributed by atoms with van der Waals surface area (Å²) in [6.07, 6.45) is 6.15. The van der Waals surface area contributed by atoms with Gasteiger partial charge in [0.05, 0.1) is 6.61 Å². The fraction of sp³-hybridized carbons (Fsp3) is 0.611. The average Bonchev–Trinajstić information content (AvgIpc) is 2.43. The predicted molar refractivity (Wildman–Crippen MR) is 84.0 cm³/mol. The SMILES string of the molecule is CCOC(=O)CCCCCCc1cccc(C(C)C)c1. The molecule has 0 radical (unpaired) electrons. The van der Waals surface area contributed by atoms with Gasteiger partial charge in [-0.3, -0.25) is 4.79 Å². The lowest BCUT2D eigenvalue weighted by Gasteiger charge is -2.08. The first-order valence-corrected chi connectivity index (χ1v) is 7.88. The topological polar surface area (TPSA) is 26.3 Å². The number of aryl methyl sites for hydroxylation is 1. The van der Waals surface area contributed by atoms with Crippen molar-refractivity contribution < 1.29 is 9.53 Å². The first-order chi connectivity index (χ1) is 9.63. The van der Waals surface area contributed by atoms with Crippen LogP contribution in [0, 0.1) is 0 Å². The minimum Gasteiger partial charge on any atom is -0.466 e. The smallest absolute Gasteiger partial charge is 0.305 e. The number of hydrogen-bond donors (Lipinski definition) is 0. The van der Waals surface area contributed by atoms with Gasteiger partial charge in [-0.25, -0.2) is 0 Å². The molecule has 2 heteroatoms. The zero-order valence-corrected chi connectivity index (χ0v) is 13.2. The second-order valence-corrected chi connectivity index (χ2v) is 5.62. The number of ether oxygens (including phenoxy) is 1. The molecule has 0 aliphatic carbocycles. The molecule has 20 heavy (non-hydrogen) atoms. The van der Waals surface area contributed by atoms with Crippen molar-refractivity contribution >= 4 is 5.97 Å². The Morgan fingerprint density at radius 1 is 1.15 bits per heavy atom. The highest BCUT2D eigenvalue weighted by Crippen LogP contribution is 2.17. The van der Waals surface area contributed by atoms with Crippen LogP contribution in [0.5, 0.6) is 0 Å². The minimum atomic E-state index is -0.0582. The molecule has 0 atom stereocenters. The number of rotatable bonds is 9. The van der Waals surface area contributed by atoms with Gasteiger partial charge >= 0.3 is 5.97 Å². The molecule has 112 valence electrons. The van der Waals surface area contributed by atoms with Crippen LogP contribution in [0.2, 0.25) is 0 Å². The molecule has 0 N–H and O–H groups in total. The molecule has 0 aliphatic rings. The monoisotopic (exact) mass is 276 g/mol. The maximum absolute atomic E-state index is 11.2. The van der Waals surface area contributed by atoms with Gasteiger partial charge in [0.1, 0.15) is 0 Å². The molecule has 0 fully saturated rings. The Hall–Kier alpha value is -1.31. The average molecular weight is 276 g/mol. The first-order valence-electron chi connectivity index (χ1n) is 7.88. The second kappa shape index (κ2) is 9.57. The van der Waals surface area contributed by atoms with Gasteiger partial charge in [0, 0.05) is 6.42 Å². The number of esters is 1. The fourth-order valence-corrected chi connectivity index (χ4v) is 2.29. The van der Waals surface area contributed by atoms with E-state index in [-0.39, 0.29) is 5.97 Å². The number of carbonyl (C=O) groups is 1. The molecule has 1 aromatic carbocycles. The number of unbranched alkanes of at least 4 members (excludes halogenated alkanes) is 3. The normalized spacial score (nSPS) is 10.8. The summed E-state index contributed by atoms with van der Waals surface area (Å²) < 4.78 is 4.91. The summed E-state index contributed by atoms with van der Waals surface area (Å²) in [6.45, 7) is 6.80. The summed E-state index contributed by atoms with van der Waals surface area (Å²) in [6, 6.07) is 8.90. The number of hydrogen-bond acceptors (Lipinski definition) is 2. The van der Waals surface area contributed by atoms with Crippen molar-refractivity contribution in [3.63, 3.8) is 0 Å². The van der Waals surface area contributed by atoms with E-state index in [1.807, 2.05) is 6.92 Å². The summed E-state index contributed by atoms with van der Waals surface area (Å²) in [5.41, 5.74) is 2.85. The Kier molecular flexibility index (Phi) is 8.01. The third-order valence-corrected chi connectivity index (χ3v) is 3.52. The van der Waals surface area contributed by atoms with Crippen LogP contribution in [0.1, 0.15) is 69.9 Å². The lowest BCUT2D eigenvalue weighted by atomic mass is 9.98. The van der Waals surface area contributed by atoms with E-state index in [1.165, 1.54) is 24.0 Å². The lowest BCUT2D eigenvalue weighted by molar-refractivity contribution is -0.143. The first kappa shape index (κ1) is 16.7. The Labute approximate surface area is 123 Å². The van der Waals surface area contributed by atoms with E-state index in [2.05, 4.69) is 38.1 Å². The maximum atomic E-state index is 11.2. The minimum absolute atomic E-state index is 0.0582. The van der Waals surface area contributed by atoms with Gasteiger partial charge in [-0.2, -0.15) is 0 Å². The predicted octanol–water partition coefficient (Wildman–Crippen LogP) is 4.87. The zero-order chi connectivity index (χ0) is 14.8. The third kappa shape index (κ3) is 6.74. The highest BCUT2D eigenvalue weighted by molar-refractivity contribution is 5.69. The summed E-state index contributed by atoms with van der Waals surface area (Å²) in [7, 11) is 0. The molecule has 0 bridgehead atoms. The molecule has 1 aromatic rings. The van der Waals surface area contributed by atoms with E-state index in [0.29, 0.717) is 18.9 Å². The summed E-state index contributed by atoms with van der Waals surface area (Å²) in [5, 5.41) is 0. The van der Waals surface area contributed by atoms with Crippen molar-refractivity contribution in [1.82, 2.24) is 0 Å². The van der Waals surface area contributed by atoms with Crippen LogP contribution in [0.4, 0.5) is 0 Å². The molecular formula is C18H28O2. The second-order valence-electron chi connectivity index (χ2n) is 5.62. The van der Waals surface area contributed by atoms with Crippen LogP contribution in [0.25, 0.3) is 0 Å². The van der Waals surface area contributed by atoms with Crippen molar-refractivity contribution in [1.29, 1.82) is 0 Å². The van der Waals surface area contributed by atoms with E-state index in [0.717, 1.165) is 19.3 Å². The number of carbonyl (C=O) groups excluding carboxylic acids is 1. The molecule has 0 spiro atoms. The van der Waals surface area contributed by atoms with Crippen LogP contribution in [-0.4, -0.2) is 12.6 Å². The standard InChI is InChI=1S/C18H28O2/c1-4-20-18(19)13-8-6-5-7-10-16-11-9-12-17(14-16)15(2)3/h9,11-12,14-15H,4-8,10,13H2,1-3H3. The Balaban J connectivity index is 2.15. The molecule has 1 rings (SSSR count). The Morgan fingerprint density at radius 2 is 1.90 bits per heavy atom. The van der Waals surface area contributed by atoms with Crippen LogP contribution in [0.15, 0.2) is 24.3 Å². The zero-order valence-electron chi connectivity index (χ0n) is 13.2. The molecule has 2 nitrogen and oxygen atoms in total. The maximum Gasteiger partial charge on any atom is 0.305 e. The van der Waals surface area contributed by atoms with Crippen LogP contribution in [0.3, 0.4) is 0 Å². The summed E-state index contributed by atoms with van der Waals surface area (Å²) in [4.78, 5) is 11.2. The molecular weight excluding hydrogens is 248 g/mol. The Morgan fingerprint density at radius 3 is 2.60 bits per heavy atom. The summed E-state index contributed by atoms with van der Waals surface area (Å²) >= 11 is 0.